The standard InChI is InChI=1S/C25H25FN2O2S2/c1-3-30-24(29)21-15-20(13-17-7-5-4-6-8-17)32-23(21)27-25(31)28-16(2)9-10-18-14-19(26)11-12-22(18)28/h4-8,11-12,14-16H,3,9-10,13H2,1-2H3,(H,27,31)/t16-/m1/s1. The molecule has 0 amide bonds. The van der Waals surface area contributed by atoms with Crippen molar-refractivity contribution in [1.82, 2.24) is 0 Å². The molecule has 4 rings (SSSR count). The minimum Gasteiger partial charge on any atom is -0.462 e. The van der Waals surface area contributed by atoms with Crippen LogP contribution in [0.15, 0.2) is 54.6 Å². The summed E-state index contributed by atoms with van der Waals surface area (Å²) in [5, 5.41) is 4.45. The molecule has 1 atom stereocenters. The molecule has 0 aliphatic carbocycles. The third-order valence-electron chi connectivity index (χ3n) is 5.51. The maximum absolute atomic E-state index is 13.7. The summed E-state index contributed by atoms with van der Waals surface area (Å²) < 4.78 is 19.0. The molecule has 2 heterocycles. The monoisotopic (exact) mass is 468 g/mol. The fourth-order valence-corrected chi connectivity index (χ4v) is 5.49. The lowest BCUT2D eigenvalue weighted by atomic mass is 9.97. The van der Waals surface area contributed by atoms with Crippen LogP contribution in [0.5, 0.6) is 0 Å². The third-order valence-corrected chi connectivity index (χ3v) is 6.86. The number of esters is 1. The molecule has 0 spiro atoms. The van der Waals surface area contributed by atoms with Crippen LogP contribution in [0.4, 0.5) is 15.1 Å². The number of thiocarbonyl (C=S) groups is 1. The lowest BCUT2D eigenvalue weighted by molar-refractivity contribution is 0.0528. The van der Waals surface area contributed by atoms with Gasteiger partial charge in [0.05, 0.1) is 12.2 Å². The van der Waals surface area contributed by atoms with E-state index in [0.29, 0.717) is 28.7 Å². The molecule has 1 N–H and O–H groups in total. The summed E-state index contributed by atoms with van der Waals surface area (Å²) >= 11 is 7.27. The van der Waals surface area contributed by atoms with Crippen LogP contribution in [0.2, 0.25) is 0 Å². The highest BCUT2D eigenvalue weighted by Gasteiger charge is 2.28. The van der Waals surface area contributed by atoms with Crippen LogP contribution in [0.25, 0.3) is 0 Å². The molecule has 0 fully saturated rings. The molecule has 0 saturated carbocycles. The van der Waals surface area contributed by atoms with Gasteiger partial charge in [0.1, 0.15) is 10.8 Å². The Morgan fingerprint density at radius 1 is 1.25 bits per heavy atom. The van der Waals surface area contributed by atoms with Gasteiger partial charge in [-0.2, -0.15) is 0 Å². The third kappa shape index (κ3) is 4.84. The Morgan fingerprint density at radius 3 is 2.78 bits per heavy atom. The Kier molecular flexibility index (Phi) is 6.86. The van der Waals surface area contributed by atoms with Gasteiger partial charge < -0.3 is 15.0 Å². The number of ether oxygens (including phenoxy) is 1. The van der Waals surface area contributed by atoms with Gasteiger partial charge in [-0.25, -0.2) is 9.18 Å². The van der Waals surface area contributed by atoms with Crippen molar-refractivity contribution in [2.45, 2.75) is 39.2 Å². The fourth-order valence-electron chi connectivity index (χ4n) is 3.97. The van der Waals surface area contributed by atoms with Crippen LogP contribution in [-0.2, 0) is 17.6 Å². The molecule has 3 aromatic rings. The number of fused-ring (bicyclic) bond motifs is 1. The molecule has 166 valence electrons. The van der Waals surface area contributed by atoms with E-state index in [-0.39, 0.29) is 17.8 Å². The Balaban J connectivity index is 1.62. The lowest BCUT2D eigenvalue weighted by Gasteiger charge is -2.37. The predicted molar refractivity (Wildman–Crippen MR) is 132 cm³/mol. The summed E-state index contributed by atoms with van der Waals surface area (Å²) in [4.78, 5) is 15.7. The average Bonchev–Trinajstić information content (AvgIpc) is 3.16. The maximum Gasteiger partial charge on any atom is 0.341 e. The summed E-state index contributed by atoms with van der Waals surface area (Å²) in [5.41, 5.74) is 3.49. The van der Waals surface area contributed by atoms with E-state index in [9.17, 15) is 9.18 Å². The van der Waals surface area contributed by atoms with Gasteiger partial charge in [0, 0.05) is 23.0 Å². The summed E-state index contributed by atoms with van der Waals surface area (Å²) in [6.07, 6.45) is 2.39. The highest BCUT2D eigenvalue weighted by Crippen LogP contribution is 2.34. The minimum absolute atomic E-state index is 0.155. The molecule has 0 unspecified atom stereocenters. The van der Waals surface area contributed by atoms with Crippen molar-refractivity contribution in [3.63, 3.8) is 0 Å². The van der Waals surface area contributed by atoms with Crippen LogP contribution >= 0.6 is 23.6 Å². The zero-order valence-electron chi connectivity index (χ0n) is 18.1. The number of carbonyl (C=O) groups is 1. The second-order valence-corrected chi connectivity index (χ2v) is 9.32. The van der Waals surface area contributed by atoms with Crippen LogP contribution < -0.4 is 10.2 Å². The molecule has 7 heteroatoms. The molecule has 2 aromatic carbocycles. The molecule has 32 heavy (non-hydrogen) atoms. The molecule has 0 saturated heterocycles. The van der Waals surface area contributed by atoms with E-state index in [4.69, 9.17) is 17.0 Å². The molecular weight excluding hydrogens is 443 g/mol. The smallest absolute Gasteiger partial charge is 0.341 e. The molecule has 1 aliphatic heterocycles. The quantitative estimate of drug-likeness (QED) is 0.357. The first-order chi connectivity index (χ1) is 15.5. The first-order valence-corrected chi connectivity index (χ1v) is 11.9. The topological polar surface area (TPSA) is 41.6 Å². The van der Waals surface area contributed by atoms with Gasteiger partial charge in [0.2, 0.25) is 0 Å². The number of thiophene rings is 1. The number of nitrogens with zero attached hydrogens (tertiary/aromatic N) is 1. The van der Waals surface area contributed by atoms with E-state index in [1.165, 1.54) is 23.0 Å². The summed E-state index contributed by atoms with van der Waals surface area (Å²) in [7, 11) is 0. The van der Waals surface area contributed by atoms with Crippen molar-refractivity contribution in [3.05, 3.63) is 82.0 Å². The Morgan fingerprint density at radius 2 is 2.03 bits per heavy atom. The van der Waals surface area contributed by atoms with E-state index in [1.54, 1.807) is 19.1 Å². The highest BCUT2D eigenvalue weighted by molar-refractivity contribution is 7.80. The number of rotatable bonds is 5. The van der Waals surface area contributed by atoms with Gasteiger partial charge in [-0.15, -0.1) is 11.3 Å². The largest absolute Gasteiger partial charge is 0.462 e. The number of benzene rings is 2. The number of anilines is 2. The first-order valence-electron chi connectivity index (χ1n) is 10.7. The van der Waals surface area contributed by atoms with E-state index in [0.717, 1.165) is 29.0 Å². The van der Waals surface area contributed by atoms with Gasteiger partial charge in [-0.3, -0.25) is 0 Å². The van der Waals surface area contributed by atoms with Gasteiger partial charge in [0.15, 0.2) is 5.11 Å². The number of hydrogen-bond acceptors (Lipinski definition) is 4. The van der Waals surface area contributed by atoms with E-state index in [1.807, 2.05) is 29.2 Å². The Hall–Kier alpha value is -2.77. The van der Waals surface area contributed by atoms with Gasteiger partial charge >= 0.3 is 5.97 Å². The SMILES string of the molecule is CCOC(=O)c1cc(Cc2ccccc2)sc1NC(=S)N1c2ccc(F)cc2CC[C@H]1C. The molecule has 1 aliphatic rings. The molecule has 1 aromatic heterocycles. The molecule has 0 radical (unpaired) electrons. The molecule has 4 nitrogen and oxygen atoms in total. The van der Waals surface area contributed by atoms with Crippen molar-refractivity contribution >= 4 is 45.3 Å². The number of aryl methyl sites for hydroxylation is 1. The highest BCUT2D eigenvalue weighted by atomic mass is 32.1. The van der Waals surface area contributed by atoms with E-state index < -0.39 is 0 Å². The number of halogens is 1. The molecule has 0 bridgehead atoms. The predicted octanol–water partition coefficient (Wildman–Crippen LogP) is 6.19. The minimum atomic E-state index is -0.373. The summed E-state index contributed by atoms with van der Waals surface area (Å²) in [6, 6.07) is 16.9. The van der Waals surface area contributed by atoms with Crippen LogP contribution in [0, 0.1) is 5.82 Å². The maximum atomic E-state index is 13.7. The van der Waals surface area contributed by atoms with Crippen molar-refractivity contribution < 1.29 is 13.9 Å². The number of hydrogen-bond donors (Lipinski definition) is 1. The van der Waals surface area contributed by atoms with E-state index >= 15 is 0 Å². The number of nitrogens with one attached hydrogen (secondary N) is 1. The van der Waals surface area contributed by atoms with Crippen LogP contribution in [0.1, 0.15) is 46.6 Å². The summed E-state index contributed by atoms with van der Waals surface area (Å²) in [6.45, 7) is 4.19. The molecular formula is C25H25FN2O2S2. The van der Waals surface area contributed by atoms with Crippen molar-refractivity contribution in [2.24, 2.45) is 0 Å². The zero-order valence-corrected chi connectivity index (χ0v) is 19.7. The second-order valence-electron chi connectivity index (χ2n) is 7.80. The van der Waals surface area contributed by atoms with Gasteiger partial charge in [-0.05, 0) is 74.3 Å². The first kappa shape index (κ1) is 22.4. The normalized spacial score (nSPS) is 15.2. The zero-order chi connectivity index (χ0) is 22.7. The van der Waals surface area contributed by atoms with E-state index in [2.05, 4.69) is 24.4 Å². The fraction of sp³-hybridized carbons (Fsp3) is 0.280. The average molecular weight is 469 g/mol. The summed E-state index contributed by atoms with van der Waals surface area (Å²) in [5.74, 6) is -0.618. The van der Waals surface area contributed by atoms with Gasteiger partial charge in [0.25, 0.3) is 0 Å². The van der Waals surface area contributed by atoms with Crippen molar-refractivity contribution in [2.75, 3.05) is 16.8 Å². The van der Waals surface area contributed by atoms with Gasteiger partial charge in [-0.1, -0.05) is 30.3 Å². The van der Waals surface area contributed by atoms with Crippen LogP contribution in [0.3, 0.4) is 0 Å². The van der Waals surface area contributed by atoms with Crippen LogP contribution in [-0.4, -0.2) is 23.7 Å². The van der Waals surface area contributed by atoms with Crippen molar-refractivity contribution in [1.29, 1.82) is 0 Å². The Bertz CT molecular complexity index is 1130. The second kappa shape index (κ2) is 9.79. The van der Waals surface area contributed by atoms with Crippen molar-refractivity contribution in [3.8, 4) is 0 Å². The lowest BCUT2D eigenvalue weighted by Crippen LogP contribution is -2.44. The number of carbonyl (C=O) groups excluding carboxylic acids is 1. The Labute approximate surface area is 197 Å².